The van der Waals surface area contributed by atoms with Crippen molar-refractivity contribution in [2.24, 2.45) is 11.3 Å². The molecule has 3 aliphatic heterocycles. The van der Waals surface area contributed by atoms with Crippen molar-refractivity contribution in [1.29, 1.82) is 0 Å². The number of fused-ring (bicyclic) bond motifs is 6. The molecule has 3 aromatic rings. The number of nitrogens with one attached hydrogen (secondary N) is 1. The van der Waals surface area contributed by atoms with Crippen LogP contribution >= 0.6 is 11.6 Å². The summed E-state index contributed by atoms with van der Waals surface area (Å²) in [6, 6.07) is 19.0. The standard InChI is InChI=1S/C32H29ClN2O3/c1-18-9-11-19(12-10-18)28(36)26-27(29(37)31(2,3)4)35-24-15-14-21(33)17-20(24)13-16-25(35)32(26)22-7-5-6-8-23(22)34-30(32)38/h5-17,25-27H,1-4H3,(H,34,38)/t25-,26+,27-,32+/m1/s1. The Morgan fingerprint density at radius 2 is 1.71 bits per heavy atom. The second-order valence-corrected chi connectivity index (χ2v) is 12.0. The third-order valence-electron chi connectivity index (χ3n) is 8.22. The van der Waals surface area contributed by atoms with E-state index in [1.54, 1.807) is 18.2 Å². The molecule has 0 saturated carbocycles. The smallest absolute Gasteiger partial charge is 0.238 e. The molecule has 1 amide bonds. The van der Waals surface area contributed by atoms with Crippen LogP contribution in [-0.4, -0.2) is 29.6 Å². The van der Waals surface area contributed by atoms with Crippen LogP contribution in [0.25, 0.3) is 6.08 Å². The molecule has 1 spiro atoms. The van der Waals surface area contributed by atoms with E-state index in [9.17, 15) is 14.4 Å². The highest BCUT2D eigenvalue weighted by Gasteiger charge is 2.70. The molecule has 1 fully saturated rings. The number of carbonyl (C=O) groups excluding carboxylic acids is 3. The van der Waals surface area contributed by atoms with E-state index in [0.29, 0.717) is 16.3 Å². The van der Waals surface area contributed by atoms with E-state index >= 15 is 0 Å². The third kappa shape index (κ3) is 3.34. The monoisotopic (exact) mass is 524 g/mol. The molecular formula is C32H29ClN2O3. The Hall–Kier alpha value is -3.70. The number of hydrogen-bond donors (Lipinski definition) is 1. The Morgan fingerprint density at radius 1 is 1.00 bits per heavy atom. The van der Waals surface area contributed by atoms with Crippen LogP contribution in [0.3, 0.4) is 0 Å². The number of ketones is 2. The number of hydrogen-bond acceptors (Lipinski definition) is 4. The molecule has 3 aliphatic rings. The van der Waals surface area contributed by atoms with Crippen molar-refractivity contribution >= 4 is 46.5 Å². The SMILES string of the molecule is Cc1ccc(C(=O)[C@@H]2[C@H](C(=O)C(C)(C)C)N3c4ccc(Cl)cc4C=C[C@@H]3[C@]23C(=O)Nc2ccccc23)cc1. The van der Waals surface area contributed by atoms with E-state index in [2.05, 4.69) is 5.32 Å². The van der Waals surface area contributed by atoms with Gasteiger partial charge in [-0.15, -0.1) is 0 Å². The zero-order valence-electron chi connectivity index (χ0n) is 21.8. The van der Waals surface area contributed by atoms with Crippen LogP contribution < -0.4 is 10.2 Å². The van der Waals surface area contributed by atoms with Gasteiger partial charge in [-0.25, -0.2) is 0 Å². The van der Waals surface area contributed by atoms with Crippen LogP contribution in [0.1, 0.15) is 47.8 Å². The van der Waals surface area contributed by atoms with Crippen LogP contribution in [0.5, 0.6) is 0 Å². The van der Waals surface area contributed by atoms with Crippen molar-refractivity contribution in [1.82, 2.24) is 0 Å². The summed E-state index contributed by atoms with van der Waals surface area (Å²) in [6.45, 7) is 7.57. The van der Waals surface area contributed by atoms with Crippen LogP contribution in [0.2, 0.25) is 5.02 Å². The van der Waals surface area contributed by atoms with Gasteiger partial charge in [-0.2, -0.15) is 0 Å². The molecule has 0 radical (unpaired) electrons. The first-order valence-corrected chi connectivity index (χ1v) is 13.2. The summed E-state index contributed by atoms with van der Waals surface area (Å²) in [5.41, 5.74) is 2.54. The number of halogens is 1. The van der Waals surface area contributed by atoms with E-state index < -0.39 is 28.8 Å². The van der Waals surface area contributed by atoms with Gasteiger partial charge in [0.05, 0.1) is 12.0 Å². The predicted octanol–water partition coefficient (Wildman–Crippen LogP) is 6.24. The van der Waals surface area contributed by atoms with Crippen molar-refractivity contribution in [3.63, 3.8) is 0 Å². The van der Waals surface area contributed by atoms with Gasteiger partial charge in [0.15, 0.2) is 11.6 Å². The fourth-order valence-electron chi connectivity index (χ4n) is 6.49. The molecule has 6 heteroatoms. The Morgan fingerprint density at radius 3 is 2.42 bits per heavy atom. The number of benzene rings is 3. The van der Waals surface area contributed by atoms with Crippen molar-refractivity contribution in [3.05, 3.63) is 100 Å². The first-order chi connectivity index (χ1) is 18.0. The van der Waals surface area contributed by atoms with Crippen molar-refractivity contribution in [2.75, 3.05) is 10.2 Å². The number of para-hydroxylation sites is 1. The largest absolute Gasteiger partial charge is 0.352 e. The highest BCUT2D eigenvalue weighted by Crippen LogP contribution is 2.58. The summed E-state index contributed by atoms with van der Waals surface area (Å²) in [6.07, 6.45) is 3.92. The van der Waals surface area contributed by atoms with Crippen molar-refractivity contribution in [2.45, 2.75) is 45.2 Å². The van der Waals surface area contributed by atoms with E-state index in [1.165, 1.54) is 0 Å². The van der Waals surface area contributed by atoms with Crippen LogP contribution in [0, 0.1) is 18.3 Å². The second-order valence-electron chi connectivity index (χ2n) is 11.6. The summed E-state index contributed by atoms with van der Waals surface area (Å²) in [7, 11) is 0. The molecule has 0 aliphatic carbocycles. The first-order valence-electron chi connectivity index (χ1n) is 12.9. The molecule has 3 heterocycles. The minimum Gasteiger partial charge on any atom is -0.352 e. The zero-order valence-corrected chi connectivity index (χ0v) is 22.5. The minimum absolute atomic E-state index is 0.0850. The Kier molecular flexibility index (Phi) is 5.45. The Labute approximate surface area is 227 Å². The first kappa shape index (κ1) is 24.6. The van der Waals surface area contributed by atoms with E-state index in [0.717, 1.165) is 22.4 Å². The van der Waals surface area contributed by atoms with Gasteiger partial charge in [0, 0.05) is 27.4 Å². The lowest BCUT2D eigenvalue weighted by Gasteiger charge is -2.38. The molecule has 1 N–H and O–H groups in total. The summed E-state index contributed by atoms with van der Waals surface area (Å²) in [4.78, 5) is 45.3. The number of nitrogens with zero attached hydrogens (tertiary/aromatic N) is 1. The molecular weight excluding hydrogens is 496 g/mol. The summed E-state index contributed by atoms with van der Waals surface area (Å²) in [5.74, 6) is -1.50. The Balaban J connectivity index is 1.68. The summed E-state index contributed by atoms with van der Waals surface area (Å²) in [5, 5.41) is 3.64. The van der Waals surface area contributed by atoms with Crippen molar-refractivity contribution < 1.29 is 14.4 Å². The average molecular weight is 525 g/mol. The van der Waals surface area contributed by atoms with Crippen LogP contribution in [-0.2, 0) is 15.0 Å². The number of aryl methyl sites for hydroxylation is 1. The predicted molar refractivity (Wildman–Crippen MR) is 151 cm³/mol. The van der Waals surface area contributed by atoms with Gasteiger partial charge in [0.2, 0.25) is 5.91 Å². The maximum atomic E-state index is 14.6. The maximum Gasteiger partial charge on any atom is 0.238 e. The molecule has 0 bridgehead atoms. The molecule has 192 valence electrons. The minimum atomic E-state index is -1.29. The lowest BCUT2D eigenvalue weighted by atomic mass is 9.63. The van der Waals surface area contributed by atoms with Gasteiger partial charge in [0.25, 0.3) is 0 Å². The van der Waals surface area contributed by atoms with Gasteiger partial charge < -0.3 is 10.2 Å². The summed E-state index contributed by atoms with van der Waals surface area (Å²) < 4.78 is 0. The third-order valence-corrected chi connectivity index (χ3v) is 8.46. The highest BCUT2D eigenvalue weighted by molar-refractivity contribution is 6.31. The topological polar surface area (TPSA) is 66.5 Å². The van der Waals surface area contributed by atoms with Gasteiger partial charge >= 0.3 is 0 Å². The quantitative estimate of drug-likeness (QED) is 0.412. The number of amides is 1. The molecule has 5 nitrogen and oxygen atoms in total. The molecule has 0 aromatic heterocycles. The molecule has 4 atom stereocenters. The lowest BCUT2D eigenvalue weighted by molar-refractivity contribution is -0.128. The summed E-state index contributed by atoms with van der Waals surface area (Å²) >= 11 is 6.34. The van der Waals surface area contributed by atoms with Gasteiger partial charge in [-0.05, 0) is 42.3 Å². The number of carbonyl (C=O) groups is 3. The van der Waals surface area contributed by atoms with Crippen molar-refractivity contribution in [3.8, 4) is 0 Å². The molecule has 0 unspecified atom stereocenters. The van der Waals surface area contributed by atoms with Gasteiger partial charge in [-0.1, -0.05) is 92.6 Å². The number of Topliss-reactive ketones (excluding diaryl/α,β-unsaturated/α-hetero) is 2. The van der Waals surface area contributed by atoms with Crippen LogP contribution in [0.15, 0.2) is 72.8 Å². The molecule has 6 rings (SSSR count). The maximum absolute atomic E-state index is 14.6. The zero-order chi connectivity index (χ0) is 27.0. The van der Waals surface area contributed by atoms with E-state index in [4.69, 9.17) is 11.6 Å². The van der Waals surface area contributed by atoms with E-state index in [-0.39, 0.29) is 17.5 Å². The normalized spacial score (nSPS) is 25.1. The number of anilines is 2. The van der Waals surface area contributed by atoms with E-state index in [1.807, 2.05) is 93.3 Å². The van der Waals surface area contributed by atoms with Gasteiger partial charge in [-0.3, -0.25) is 14.4 Å². The Bertz CT molecular complexity index is 1530. The fourth-order valence-corrected chi connectivity index (χ4v) is 6.67. The second kappa shape index (κ2) is 8.40. The lowest BCUT2D eigenvalue weighted by Crippen LogP contribution is -2.51. The van der Waals surface area contributed by atoms with Gasteiger partial charge in [0.1, 0.15) is 11.5 Å². The average Bonchev–Trinajstić information content (AvgIpc) is 3.35. The van der Waals surface area contributed by atoms with Crippen LogP contribution in [0.4, 0.5) is 11.4 Å². The molecule has 38 heavy (non-hydrogen) atoms. The fraction of sp³-hybridized carbons (Fsp3) is 0.281. The highest BCUT2D eigenvalue weighted by atomic mass is 35.5. The number of rotatable bonds is 3. The molecule has 1 saturated heterocycles. The molecule has 3 aromatic carbocycles.